The molecule has 3 aliphatic rings. The Morgan fingerprint density at radius 3 is 2.88 bits per heavy atom. The molecular formula is C19H22N2O3. The zero-order valence-electron chi connectivity index (χ0n) is 13.7. The van der Waals surface area contributed by atoms with E-state index >= 15 is 0 Å². The summed E-state index contributed by atoms with van der Waals surface area (Å²) in [6, 6.07) is 7.46. The molecule has 1 spiro atoms. The number of nitrogens with one attached hydrogen (secondary N) is 1. The average Bonchev–Trinajstić information content (AvgIpc) is 3.25. The first kappa shape index (κ1) is 15.4. The first-order valence-electron chi connectivity index (χ1n) is 8.51. The third kappa shape index (κ3) is 2.63. The van der Waals surface area contributed by atoms with Crippen LogP contribution in [-0.4, -0.2) is 35.9 Å². The number of hydrogen-bond acceptors (Lipinski definition) is 3. The van der Waals surface area contributed by atoms with Crippen molar-refractivity contribution in [2.75, 3.05) is 13.2 Å². The van der Waals surface area contributed by atoms with E-state index in [0.717, 1.165) is 30.4 Å². The van der Waals surface area contributed by atoms with E-state index in [1.54, 1.807) is 4.90 Å². The van der Waals surface area contributed by atoms with Crippen molar-refractivity contribution >= 4 is 11.8 Å². The molecule has 5 nitrogen and oxygen atoms in total. The van der Waals surface area contributed by atoms with Crippen LogP contribution >= 0.6 is 0 Å². The Labute approximate surface area is 141 Å². The van der Waals surface area contributed by atoms with Crippen molar-refractivity contribution in [3.05, 3.63) is 48.0 Å². The molecule has 0 bridgehead atoms. The maximum absolute atomic E-state index is 12.9. The van der Waals surface area contributed by atoms with Crippen molar-refractivity contribution in [1.29, 1.82) is 0 Å². The van der Waals surface area contributed by atoms with Gasteiger partial charge in [0.2, 0.25) is 11.8 Å². The van der Waals surface area contributed by atoms with E-state index < -0.39 is 6.04 Å². The minimum atomic E-state index is -0.396. The van der Waals surface area contributed by atoms with E-state index in [9.17, 15) is 9.59 Å². The van der Waals surface area contributed by atoms with E-state index in [0.29, 0.717) is 19.8 Å². The van der Waals surface area contributed by atoms with E-state index in [4.69, 9.17) is 4.74 Å². The molecular weight excluding hydrogens is 304 g/mol. The Balaban J connectivity index is 1.52. The average molecular weight is 326 g/mol. The lowest BCUT2D eigenvalue weighted by atomic mass is 9.98. The lowest BCUT2D eigenvalue weighted by Gasteiger charge is -2.29. The number of hydrogen-bond donors (Lipinski definition) is 1. The van der Waals surface area contributed by atoms with Crippen molar-refractivity contribution in [1.82, 2.24) is 10.2 Å². The van der Waals surface area contributed by atoms with Gasteiger partial charge < -0.3 is 15.0 Å². The van der Waals surface area contributed by atoms with Crippen LogP contribution in [0.1, 0.15) is 36.4 Å². The van der Waals surface area contributed by atoms with Gasteiger partial charge in [0.15, 0.2) is 0 Å². The maximum atomic E-state index is 12.9. The van der Waals surface area contributed by atoms with Crippen LogP contribution < -0.4 is 5.32 Å². The Morgan fingerprint density at radius 1 is 1.33 bits per heavy atom. The molecule has 4 rings (SSSR count). The molecule has 5 heteroatoms. The largest absolute Gasteiger partial charge is 0.374 e. The Hall–Kier alpha value is -2.14. The molecule has 126 valence electrons. The highest BCUT2D eigenvalue weighted by Gasteiger charge is 2.55. The van der Waals surface area contributed by atoms with Gasteiger partial charge in [-0.05, 0) is 41.9 Å². The number of likely N-dealkylation sites (tertiary alicyclic amines) is 1. The van der Waals surface area contributed by atoms with Crippen molar-refractivity contribution in [2.24, 2.45) is 5.41 Å². The number of ether oxygens (including phenoxy) is 1. The molecule has 1 aromatic rings. The van der Waals surface area contributed by atoms with Gasteiger partial charge in [0.25, 0.3) is 0 Å². The van der Waals surface area contributed by atoms with Crippen molar-refractivity contribution in [3.63, 3.8) is 0 Å². The van der Waals surface area contributed by atoms with Crippen LogP contribution in [0, 0.1) is 5.41 Å². The van der Waals surface area contributed by atoms with Gasteiger partial charge in [0.1, 0.15) is 6.04 Å². The molecule has 2 heterocycles. The number of nitrogens with zero attached hydrogens (tertiary/aromatic N) is 1. The summed E-state index contributed by atoms with van der Waals surface area (Å²) in [6.07, 6.45) is 4.27. The molecule has 1 N–H and O–H groups in total. The first-order chi connectivity index (χ1) is 11.6. The molecule has 2 fully saturated rings. The highest BCUT2D eigenvalue weighted by atomic mass is 16.5. The fourth-order valence-electron chi connectivity index (χ4n) is 3.95. The minimum absolute atomic E-state index is 0.0840. The summed E-state index contributed by atoms with van der Waals surface area (Å²) in [5.41, 5.74) is 2.39. The smallest absolute Gasteiger partial charge is 0.246 e. The molecule has 2 aliphatic heterocycles. The SMILES string of the molecule is C=CC(=O)N1CC2(CC2)C[C@@H]1C(=O)NC1COCc2ccccc21. The molecule has 2 amide bonds. The highest BCUT2D eigenvalue weighted by molar-refractivity contribution is 5.93. The number of carbonyl (C=O) groups is 2. The summed E-state index contributed by atoms with van der Waals surface area (Å²) in [7, 11) is 0. The second-order valence-electron chi connectivity index (χ2n) is 7.17. The van der Waals surface area contributed by atoms with E-state index in [-0.39, 0.29) is 23.3 Å². The van der Waals surface area contributed by atoms with Crippen LogP contribution in [0.2, 0.25) is 0 Å². The normalized spacial score (nSPS) is 26.8. The number of rotatable bonds is 3. The molecule has 1 unspecified atom stereocenters. The summed E-state index contributed by atoms with van der Waals surface area (Å²) in [5, 5.41) is 3.10. The van der Waals surface area contributed by atoms with Crippen LogP contribution in [0.4, 0.5) is 0 Å². The monoisotopic (exact) mass is 326 g/mol. The minimum Gasteiger partial charge on any atom is -0.374 e. The van der Waals surface area contributed by atoms with Crippen LogP contribution in [0.3, 0.4) is 0 Å². The predicted octanol–water partition coefficient (Wildman–Crippen LogP) is 1.94. The second-order valence-corrected chi connectivity index (χ2v) is 7.17. The van der Waals surface area contributed by atoms with Gasteiger partial charge in [0.05, 0.1) is 19.3 Å². The summed E-state index contributed by atoms with van der Waals surface area (Å²) >= 11 is 0. The number of benzene rings is 1. The zero-order chi connectivity index (χ0) is 16.7. The lowest BCUT2D eigenvalue weighted by Crippen LogP contribution is -2.47. The van der Waals surface area contributed by atoms with Crippen LogP contribution in [0.15, 0.2) is 36.9 Å². The molecule has 1 aromatic carbocycles. The topological polar surface area (TPSA) is 58.6 Å². The van der Waals surface area contributed by atoms with Gasteiger partial charge in [-0.25, -0.2) is 0 Å². The summed E-state index contributed by atoms with van der Waals surface area (Å²) in [5.74, 6) is -0.238. The third-order valence-electron chi connectivity index (χ3n) is 5.51. The first-order valence-corrected chi connectivity index (χ1v) is 8.51. The number of carbonyl (C=O) groups excluding carboxylic acids is 2. The summed E-state index contributed by atoms with van der Waals surface area (Å²) in [6.45, 7) is 5.29. The molecule has 0 radical (unpaired) electrons. The van der Waals surface area contributed by atoms with E-state index in [1.165, 1.54) is 6.08 Å². The lowest BCUT2D eigenvalue weighted by molar-refractivity contribution is -0.135. The van der Waals surface area contributed by atoms with E-state index in [1.807, 2.05) is 24.3 Å². The Kier molecular flexibility index (Phi) is 3.68. The molecule has 1 saturated carbocycles. The van der Waals surface area contributed by atoms with Crippen LogP contribution in [-0.2, 0) is 20.9 Å². The standard InChI is InChI=1S/C19H22N2O3/c1-2-17(22)21-12-19(7-8-19)9-16(21)18(23)20-15-11-24-10-13-5-3-4-6-14(13)15/h2-6,15-16H,1,7-12H2,(H,20,23)/t15?,16-/m1/s1. The quantitative estimate of drug-likeness (QED) is 0.864. The van der Waals surface area contributed by atoms with Gasteiger partial charge in [-0.1, -0.05) is 30.8 Å². The van der Waals surface area contributed by atoms with E-state index in [2.05, 4.69) is 11.9 Å². The van der Waals surface area contributed by atoms with Crippen molar-refractivity contribution in [2.45, 2.75) is 38.0 Å². The van der Waals surface area contributed by atoms with Gasteiger partial charge in [0, 0.05) is 6.54 Å². The second kappa shape index (κ2) is 5.74. The van der Waals surface area contributed by atoms with Gasteiger partial charge in [-0.15, -0.1) is 0 Å². The maximum Gasteiger partial charge on any atom is 0.246 e. The van der Waals surface area contributed by atoms with Crippen molar-refractivity contribution < 1.29 is 14.3 Å². The fraction of sp³-hybridized carbons (Fsp3) is 0.474. The van der Waals surface area contributed by atoms with Gasteiger partial charge in [-0.3, -0.25) is 9.59 Å². The molecule has 0 aromatic heterocycles. The van der Waals surface area contributed by atoms with Crippen LogP contribution in [0.25, 0.3) is 0 Å². The van der Waals surface area contributed by atoms with Crippen molar-refractivity contribution in [3.8, 4) is 0 Å². The fourth-order valence-corrected chi connectivity index (χ4v) is 3.95. The Bertz CT molecular complexity index is 696. The number of amides is 2. The predicted molar refractivity (Wildman–Crippen MR) is 89.0 cm³/mol. The number of fused-ring (bicyclic) bond motifs is 1. The molecule has 2 atom stereocenters. The summed E-state index contributed by atoms with van der Waals surface area (Å²) < 4.78 is 5.61. The highest BCUT2D eigenvalue weighted by Crippen LogP contribution is 2.54. The van der Waals surface area contributed by atoms with Gasteiger partial charge in [-0.2, -0.15) is 0 Å². The Morgan fingerprint density at radius 2 is 2.12 bits per heavy atom. The third-order valence-corrected chi connectivity index (χ3v) is 5.51. The molecule has 1 aliphatic carbocycles. The zero-order valence-corrected chi connectivity index (χ0v) is 13.7. The molecule has 1 saturated heterocycles. The van der Waals surface area contributed by atoms with Crippen LogP contribution in [0.5, 0.6) is 0 Å². The molecule has 24 heavy (non-hydrogen) atoms. The summed E-state index contributed by atoms with van der Waals surface area (Å²) in [4.78, 5) is 26.7. The van der Waals surface area contributed by atoms with Gasteiger partial charge >= 0.3 is 0 Å².